The standard InChI is InChI=1S/C14H25N3O4S.C12H19Cl3O8/c1-7(16-11(21)8(15)6-9(18)19)10(20)17-12-13(2,3)22-14(12,4)5;13-1-4-7(17)10(20)12(3-14,22-4)23-11-9(19)8(18)6(15)5(2-16)21-11/h7-8,12H,6,15H2,1-5H3,(H,16,21)(H,17,20)(H,18,19);4-11,16-20H,1-3H2/t7-,8+;4-,5-,6+,7-,8+,9-,10+,11-,12+/m11/s1. The van der Waals surface area contributed by atoms with Crippen LogP contribution in [0.3, 0.4) is 0 Å². The second kappa shape index (κ2) is 16.1. The monoisotopic (exact) mass is 727 g/mol. The van der Waals surface area contributed by atoms with Crippen LogP contribution in [0, 0.1) is 0 Å². The van der Waals surface area contributed by atoms with Gasteiger partial charge in [-0.25, -0.2) is 0 Å². The number of nitrogens with one attached hydrogen (secondary N) is 2. The van der Waals surface area contributed by atoms with Gasteiger partial charge in [0, 0.05) is 9.49 Å². The average Bonchev–Trinajstić information content (AvgIpc) is 3.20. The highest BCUT2D eigenvalue weighted by Crippen LogP contribution is 2.54. The first-order valence-corrected chi connectivity index (χ1v) is 16.4. The first-order chi connectivity index (χ1) is 20.7. The summed E-state index contributed by atoms with van der Waals surface area (Å²) in [4.78, 5) is 34.5. The predicted molar refractivity (Wildman–Crippen MR) is 165 cm³/mol. The van der Waals surface area contributed by atoms with Crippen LogP contribution in [0.4, 0.5) is 0 Å². The molecule has 19 heteroatoms. The van der Waals surface area contributed by atoms with Crippen LogP contribution >= 0.6 is 46.6 Å². The highest BCUT2D eigenvalue weighted by atomic mass is 35.5. The molecule has 0 bridgehead atoms. The normalized spacial score (nSPS) is 36.9. The number of amides is 2. The molecule has 10 N–H and O–H groups in total. The quantitative estimate of drug-likeness (QED) is 0.109. The van der Waals surface area contributed by atoms with Crippen molar-refractivity contribution in [2.24, 2.45) is 5.73 Å². The van der Waals surface area contributed by atoms with Crippen molar-refractivity contribution in [3.05, 3.63) is 0 Å². The maximum absolute atomic E-state index is 12.2. The van der Waals surface area contributed by atoms with Gasteiger partial charge in [-0.3, -0.25) is 14.4 Å². The molecule has 15 nitrogen and oxygen atoms in total. The molecular weight excluding hydrogens is 685 g/mol. The maximum Gasteiger partial charge on any atom is 0.305 e. The molecule has 0 aromatic rings. The summed E-state index contributed by atoms with van der Waals surface area (Å²) in [5.41, 5.74) is 5.46. The summed E-state index contributed by atoms with van der Waals surface area (Å²) in [5, 5.41) is 62.2. The van der Waals surface area contributed by atoms with Crippen molar-refractivity contribution < 1.29 is 59.2 Å². The van der Waals surface area contributed by atoms with Gasteiger partial charge >= 0.3 is 5.97 Å². The molecular formula is C26H44Cl3N3O12S. The van der Waals surface area contributed by atoms with E-state index in [1.807, 2.05) is 0 Å². The molecule has 3 rings (SSSR count). The van der Waals surface area contributed by atoms with Crippen LogP contribution in [0.1, 0.15) is 41.0 Å². The number of nitrogens with two attached hydrogens (primary N) is 1. The minimum absolute atomic E-state index is 0.00968. The summed E-state index contributed by atoms with van der Waals surface area (Å²) >= 11 is 19.1. The van der Waals surface area contributed by atoms with E-state index in [0.717, 1.165) is 0 Å². The zero-order valence-electron chi connectivity index (χ0n) is 25.4. The van der Waals surface area contributed by atoms with E-state index in [2.05, 4.69) is 38.3 Å². The number of thioether (sulfide) groups is 1. The minimum Gasteiger partial charge on any atom is -0.481 e. The number of carboxylic acid groups (broad SMARTS) is 1. The highest BCUT2D eigenvalue weighted by molar-refractivity contribution is 8.03. The Kier molecular flexibility index (Phi) is 14.5. The lowest BCUT2D eigenvalue weighted by Crippen LogP contribution is -2.68. The summed E-state index contributed by atoms with van der Waals surface area (Å²) in [6.45, 7) is 9.24. The topological polar surface area (TPSA) is 250 Å². The number of aliphatic hydroxyl groups is 5. The number of carbonyl (C=O) groups excluding carboxylic acids is 2. The molecule has 3 saturated heterocycles. The Morgan fingerprint density at radius 2 is 1.58 bits per heavy atom. The molecule has 0 saturated carbocycles. The molecule has 0 aliphatic carbocycles. The molecule has 2 amide bonds. The number of ether oxygens (including phenoxy) is 3. The van der Waals surface area contributed by atoms with Gasteiger partial charge in [-0.1, -0.05) is 0 Å². The highest BCUT2D eigenvalue weighted by Gasteiger charge is 2.58. The summed E-state index contributed by atoms with van der Waals surface area (Å²) in [5.74, 6) is -4.54. The third-order valence-electron chi connectivity index (χ3n) is 7.65. The summed E-state index contributed by atoms with van der Waals surface area (Å²) in [7, 11) is 0. The molecule has 3 aliphatic heterocycles. The molecule has 0 spiro atoms. The fraction of sp³-hybridized carbons (Fsp3) is 0.885. The number of carbonyl (C=O) groups is 3. The number of halogens is 3. The average molecular weight is 729 g/mol. The number of carboxylic acids is 1. The second-order valence-electron chi connectivity index (χ2n) is 12.1. The maximum atomic E-state index is 12.2. The first kappa shape index (κ1) is 40.4. The van der Waals surface area contributed by atoms with Gasteiger partial charge in [0.2, 0.25) is 17.6 Å². The van der Waals surface area contributed by atoms with E-state index in [1.54, 1.807) is 18.7 Å². The SMILES string of the molecule is C[C@@H](NC(=O)[C@@H](N)CC(=O)O)C(=O)NC1C(C)(C)SC1(C)C.OC[C@H]1O[C@H](O[C@]2(CCl)O[C@H](CCl)[C@@H](O)[C@@H]2O)[C@H](O)[C@@H](O)[C@H]1Cl. The van der Waals surface area contributed by atoms with Gasteiger partial charge in [-0.2, -0.15) is 0 Å². The molecule has 0 unspecified atom stereocenters. The van der Waals surface area contributed by atoms with Gasteiger partial charge in [0.05, 0.1) is 42.2 Å². The van der Waals surface area contributed by atoms with Gasteiger partial charge in [-0.05, 0) is 34.6 Å². The van der Waals surface area contributed by atoms with Gasteiger partial charge in [0.15, 0.2) is 6.29 Å². The largest absolute Gasteiger partial charge is 0.481 e. The minimum atomic E-state index is -1.90. The van der Waals surface area contributed by atoms with E-state index in [1.165, 1.54) is 0 Å². The number of aliphatic hydroxyl groups excluding tert-OH is 5. The zero-order chi connectivity index (χ0) is 34.7. The number of aliphatic carboxylic acids is 1. The van der Waals surface area contributed by atoms with E-state index >= 15 is 0 Å². The molecule has 0 aromatic heterocycles. The Balaban J connectivity index is 0.000000314. The summed E-state index contributed by atoms with van der Waals surface area (Å²) < 4.78 is 16.0. The molecule has 11 atom stereocenters. The smallest absolute Gasteiger partial charge is 0.305 e. The van der Waals surface area contributed by atoms with E-state index in [0.29, 0.717) is 0 Å². The van der Waals surface area contributed by atoms with Crippen LogP contribution in [0.5, 0.6) is 0 Å². The van der Waals surface area contributed by atoms with Crippen LogP contribution in [0.25, 0.3) is 0 Å². The Bertz CT molecular complexity index is 1030. The summed E-state index contributed by atoms with van der Waals surface area (Å²) in [6.07, 6.45) is -9.86. The number of alkyl halides is 3. The van der Waals surface area contributed by atoms with Crippen molar-refractivity contribution in [3.63, 3.8) is 0 Å². The van der Waals surface area contributed by atoms with Crippen molar-refractivity contribution in [3.8, 4) is 0 Å². The zero-order valence-corrected chi connectivity index (χ0v) is 28.5. The molecule has 3 fully saturated rings. The Hall–Kier alpha value is -0.730. The van der Waals surface area contributed by atoms with E-state index in [4.69, 9.17) is 59.9 Å². The molecule has 262 valence electrons. The van der Waals surface area contributed by atoms with Crippen molar-refractivity contribution in [2.45, 2.75) is 123 Å². The van der Waals surface area contributed by atoms with Crippen LogP contribution in [0.15, 0.2) is 0 Å². The van der Waals surface area contributed by atoms with Gasteiger partial charge in [0.1, 0.15) is 42.7 Å². The lowest BCUT2D eigenvalue weighted by molar-refractivity contribution is -0.357. The van der Waals surface area contributed by atoms with Crippen molar-refractivity contribution in [1.82, 2.24) is 10.6 Å². The lowest BCUT2D eigenvalue weighted by Gasteiger charge is -2.57. The van der Waals surface area contributed by atoms with Crippen molar-refractivity contribution in [1.29, 1.82) is 0 Å². The number of rotatable bonds is 11. The number of hydrogen-bond acceptors (Lipinski definition) is 13. The fourth-order valence-corrected chi connectivity index (χ4v) is 8.34. The molecule has 45 heavy (non-hydrogen) atoms. The van der Waals surface area contributed by atoms with Gasteiger partial charge in [0.25, 0.3) is 0 Å². The third-order valence-corrected chi connectivity index (χ3v) is 10.4. The fourth-order valence-electron chi connectivity index (χ4n) is 5.41. The Morgan fingerprint density at radius 3 is 2.02 bits per heavy atom. The van der Waals surface area contributed by atoms with Gasteiger partial charge < -0.3 is 61.2 Å². The van der Waals surface area contributed by atoms with E-state index < -0.39 is 96.9 Å². The van der Waals surface area contributed by atoms with Crippen LogP contribution < -0.4 is 16.4 Å². The van der Waals surface area contributed by atoms with E-state index in [9.17, 15) is 39.9 Å². The van der Waals surface area contributed by atoms with Crippen molar-refractivity contribution in [2.75, 3.05) is 18.4 Å². The van der Waals surface area contributed by atoms with E-state index in [-0.39, 0.29) is 27.3 Å². The lowest BCUT2D eigenvalue weighted by atomic mass is 9.89. The van der Waals surface area contributed by atoms with Crippen LogP contribution in [-0.2, 0) is 28.6 Å². The van der Waals surface area contributed by atoms with Gasteiger partial charge in [-0.15, -0.1) is 46.6 Å². The molecule has 0 radical (unpaired) electrons. The molecule has 0 aromatic carbocycles. The molecule has 3 aliphatic rings. The third kappa shape index (κ3) is 9.46. The van der Waals surface area contributed by atoms with Crippen molar-refractivity contribution >= 4 is 64.3 Å². The predicted octanol–water partition coefficient (Wildman–Crippen LogP) is -1.57. The Morgan fingerprint density at radius 1 is 1.00 bits per heavy atom. The van der Waals surface area contributed by atoms with Crippen LogP contribution in [0.2, 0.25) is 0 Å². The second-order valence-corrected chi connectivity index (χ2v) is 15.5. The van der Waals surface area contributed by atoms with Crippen LogP contribution in [-0.4, -0.2) is 148 Å². The Labute approximate surface area is 280 Å². The first-order valence-electron chi connectivity index (χ1n) is 14.1. The molecule has 3 heterocycles. The summed E-state index contributed by atoms with van der Waals surface area (Å²) in [6, 6.07) is -1.95. The number of hydrogen-bond donors (Lipinski definition) is 9.